The second kappa shape index (κ2) is 11.3. The molecule has 5 heterocycles. The van der Waals surface area contributed by atoms with Crippen LogP contribution in [0.25, 0.3) is 22.3 Å². The van der Waals surface area contributed by atoms with Gasteiger partial charge in [0, 0.05) is 49.4 Å². The summed E-state index contributed by atoms with van der Waals surface area (Å²) in [6.45, 7) is 13.8. The van der Waals surface area contributed by atoms with Crippen LogP contribution in [-0.2, 0) is 13.0 Å². The molecule has 2 aliphatic heterocycles. The van der Waals surface area contributed by atoms with Gasteiger partial charge in [-0.1, -0.05) is 19.9 Å². The lowest BCUT2D eigenvalue weighted by Crippen LogP contribution is -2.40. The van der Waals surface area contributed by atoms with Crippen molar-refractivity contribution >= 4 is 22.8 Å². The lowest BCUT2D eigenvalue weighted by atomic mass is 10.0. The first kappa shape index (κ1) is 27.1. The summed E-state index contributed by atoms with van der Waals surface area (Å²) in [5.41, 5.74) is 3.50. The first-order valence-electron chi connectivity index (χ1n) is 13.8. The van der Waals surface area contributed by atoms with E-state index in [-0.39, 0.29) is 23.2 Å². The van der Waals surface area contributed by atoms with Gasteiger partial charge >= 0.3 is 0 Å². The number of benzene rings is 1. The maximum atomic E-state index is 15.0. The lowest BCUT2D eigenvalue weighted by Gasteiger charge is -2.32. The van der Waals surface area contributed by atoms with E-state index in [0.717, 1.165) is 44.5 Å². The van der Waals surface area contributed by atoms with Gasteiger partial charge in [-0.15, -0.1) is 0 Å². The molecule has 10 heteroatoms. The minimum atomic E-state index is -0.628. The molecule has 1 aromatic carbocycles. The maximum Gasteiger partial charge on any atom is 0.229 e. The molecule has 0 spiro atoms. The number of hydrogen-bond acceptors (Lipinski definition) is 7. The molecule has 2 aliphatic rings. The fourth-order valence-corrected chi connectivity index (χ4v) is 5.57. The van der Waals surface area contributed by atoms with Gasteiger partial charge < -0.3 is 15.2 Å². The normalized spacial score (nSPS) is 17.3. The van der Waals surface area contributed by atoms with Crippen molar-refractivity contribution < 1.29 is 8.78 Å². The smallest absolute Gasteiger partial charge is 0.229 e. The Morgan fingerprint density at radius 1 is 1.08 bits per heavy atom. The van der Waals surface area contributed by atoms with Gasteiger partial charge in [0.25, 0.3) is 0 Å². The third kappa shape index (κ3) is 5.35. The Hall–Kier alpha value is -3.50. The number of fused-ring (bicyclic) bond motifs is 2. The van der Waals surface area contributed by atoms with Crippen LogP contribution in [0.2, 0.25) is 0 Å². The first-order valence-corrected chi connectivity index (χ1v) is 13.8. The summed E-state index contributed by atoms with van der Waals surface area (Å²) >= 11 is 0. The summed E-state index contributed by atoms with van der Waals surface area (Å²) in [6, 6.07) is 7.65. The van der Waals surface area contributed by atoms with Crippen molar-refractivity contribution in [2.75, 3.05) is 25.0 Å². The Morgan fingerprint density at radius 2 is 1.90 bits per heavy atom. The largest absolute Gasteiger partial charge is 0.326 e. The fraction of sp³-hybridized carbons (Fsp3) is 0.448. The highest BCUT2D eigenvalue weighted by Crippen LogP contribution is 2.31. The van der Waals surface area contributed by atoms with Crippen LogP contribution >= 0.6 is 0 Å². The number of nitrogens with one attached hydrogen (secondary N) is 2. The van der Waals surface area contributed by atoms with Gasteiger partial charge in [0.15, 0.2) is 11.6 Å². The average Bonchev–Trinajstić information content (AvgIpc) is 3.59. The third-order valence-corrected chi connectivity index (χ3v) is 7.33. The van der Waals surface area contributed by atoms with Crippen LogP contribution in [-0.4, -0.2) is 55.1 Å². The molecule has 3 aromatic heterocycles. The van der Waals surface area contributed by atoms with Crippen molar-refractivity contribution in [1.82, 2.24) is 34.7 Å². The molecule has 1 atom stereocenters. The zero-order valence-corrected chi connectivity index (χ0v) is 23.2. The van der Waals surface area contributed by atoms with Crippen LogP contribution in [0, 0.1) is 18.6 Å². The third-order valence-electron chi connectivity index (χ3n) is 7.33. The van der Waals surface area contributed by atoms with Crippen molar-refractivity contribution in [3.63, 3.8) is 0 Å². The summed E-state index contributed by atoms with van der Waals surface area (Å²) in [5, 5.41) is 6.55. The quantitative estimate of drug-likeness (QED) is 0.348. The second-order valence-corrected chi connectivity index (χ2v) is 10.1. The monoisotopic (exact) mass is 534 g/mol. The average molecular weight is 535 g/mol. The molecule has 0 bridgehead atoms. The van der Waals surface area contributed by atoms with E-state index in [1.165, 1.54) is 18.1 Å². The molecule has 2 N–H and O–H groups in total. The molecule has 1 fully saturated rings. The molecule has 1 unspecified atom stereocenters. The zero-order chi connectivity index (χ0) is 27.7. The fourth-order valence-electron chi connectivity index (χ4n) is 5.57. The molecule has 4 aromatic rings. The Labute approximate surface area is 227 Å². The van der Waals surface area contributed by atoms with E-state index in [1.807, 2.05) is 45.3 Å². The van der Waals surface area contributed by atoms with Crippen molar-refractivity contribution in [1.29, 1.82) is 0 Å². The Kier molecular flexibility index (Phi) is 7.86. The number of pyridine rings is 1. The van der Waals surface area contributed by atoms with Gasteiger partial charge in [0.1, 0.15) is 22.9 Å². The number of anilines is 2. The van der Waals surface area contributed by atoms with E-state index < -0.39 is 11.6 Å². The number of halogens is 2. The molecule has 8 nitrogen and oxygen atoms in total. The van der Waals surface area contributed by atoms with Crippen LogP contribution in [0.4, 0.5) is 20.5 Å². The highest BCUT2D eigenvalue weighted by molar-refractivity contribution is 5.83. The van der Waals surface area contributed by atoms with Gasteiger partial charge in [0.2, 0.25) is 5.95 Å². The summed E-state index contributed by atoms with van der Waals surface area (Å²) in [7, 11) is 0. The minimum Gasteiger partial charge on any atom is -0.326 e. The van der Waals surface area contributed by atoms with Gasteiger partial charge in [-0.05, 0) is 57.5 Å². The minimum absolute atomic E-state index is 0.0197. The van der Waals surface area contributed by atoms with Crippen molar-refractivity contribution in [3.05, 3.63) is 59.2 Å². The van der Waals surface area contributed by atoms with Crippen LogP contribution in [0.1, 0.15) is 57.2 Å². The molecular weight excluding hydrogens is 498 g/mol. The van der Waals surface area contributed by atoms with Crippen molar-refractivity contribution in [2.45, 2.75) is 66.1 Å². The van der Waals surface area contributed by atoms with Crippen molar-refractivity contribution in [3.8, 4) is 11.3 Å². The van der Waals surface area contributed by atoms with E-state index in [4.69, 9.17) is 4.98 Å². The molecule has 1 saturated heterocycles. The predicted octanol–water partition coefficient (Wildman–Crippen LogP) is 5.55. The van der Waals surface area contributed by atoms with Gasteiger partial charge in [0.05, 0.1) is 11.7 Å². The second-order valence-electron chi connectivity index (χ2n) is 10.1. The number of nitrogens with zero attached hydrogens (tertiary/aromatic N) is 6. The number of imidazole rings is 1. The van der Waals surface area contributed by atoms with E-state index >= 15 is 0 Å². The van der Waals surface area contributed by atoms with Crippen LogP contribution in [0.3, 0.4) is 0 Å². The maximum absolute atomic E-state index is 15.0. The van der Waals surface area contributed by atoms with E-state index in [0.29, 0.717) is 28.8 Å². The summed E-state index contributed by atoms with van der Waals surface area (Å²) < 4.78 is 31.8. The summed E-state index contributed by atoms with van der Waals surface area (Å²) in [5.74, 6) is 0.362. The molecule has 0 radical (unpaired) electrons. The number of hydrogen-bond donors (Lipinski definition) is 2. The highest BCUT2D eigenvalue weighted by Gasteiger charge is 2.26. The van der Waals surface area contributed by atoms with Gasteiger partial charge in [-0.2, -0.15) is 0 Å². The van der Waals surface area contributed by atoms with Gasteiger partial charge in [-0.3, -0.25) is 4.90 Å². The summed E-state index contributed by atoms with van der Waals surface area (Å²) in [4.78, 5) is 20.2. The SMILES string of the molecule is CC.Cc1nc2c(F)cc(-c3nc(Nc4ccc5c(n4)CCN(C4CCNC4)C5)ncc3F)cc2n1C(C)C. The molecule has 206 valence electrons. The van der Waals surface area contributed by atoms with Crippen LogP contribution < -0.4 is 10.6 Å². The highest BCUT2D eigenvalue weighted by atomic mass is 19.1. The van der Waals surface area contributed by atoms with E-state index in [2.05, 4.69) is 36.6 Å². The van der Waals surface area contributed by atoms with E-state index in [1.54, 1.807) is 6.07 Å². The van der Waals surface area contributed by atoms with Gasteiger partial charge in [-0.25, -0.2) is 28.7 Å². The summed E-state index contributed by atoms with van der Waals surface area (Å²) in [6.07, 6.45) is 3.16. The van der Waals surface area contributed by atoms with Crippen molar-refractivity contribution in [2.24, 2.45) is 0 Å². The molecule has 6 rings (SSSR count). The Bertz CT molecular complexity index is 1480. The lowest BCUT2D eigenvalue weighted by molar-refractivity contribution is 0.189. The predicted molar refractivity (Wildman–Crippen MR) is 150 cm³/mol. The Balaban J connectivity index is 0.00000151. The standard InChI is InChI=1S/C27H30F2N8.C2H6/c1-15(2)37-16(3)32-26-20(28)10-18(11-23(26)37)25-21(29)13-31-27(35-25)34-24-5-4-17-14-36(9-7-22(17)33-24)19-6-8-30-12-19;1-2/h4-5,10-11,13,15,19,30H,6-9,12,14H2,1-3H3,(H,31,33,34,35);1-2H3. The molecule has 39 heavy (non-hydrogen) atoms. The molecular formula is C29H36F2N8. The first-order chi connectivity index (χ1) is 18.9. The molecule has 0 saturated carbocycles. The Morgan fingerprint density at radius 3 is 2.64 bits per heavy atom. The number of aromatic nitrogens is 5. The van der Waals surface area contributed by atoms with Crippen LogP contribution in [0.15, 0.2) is 30.5 Å². The topological polar surface area (TPSA) is 83.8 Å². The zero-order valence-electron chi connectivity index (χ0n) is 23.2. The van der Waals surface area contributed by atoms with Crippen LogP contribution in [0.5, 0.6) is 0 Å². The molecule has 0 aliphatic carbocycles. The molecule has 0 amide bonds. The van der Waals surface area contributed by atoms with E-state index in [9.17, 15) is 8.78 Å². The number of rotatable bonds is 5. The number of aryl methyl sites for hydroxylation is 1.